The number of aliphatic hydroxyl groups excluding tert-OH is 1. The molecule has 0 heterocycles. The van der Waals surface area contributed by atoms with Gasteiger partial charge in [0, 0.05) is 18.2 Å². The molecule has 0 saturated carbocycles. The average Bonchev–Trinajstić information content (AvgIpc) is 2.16. The monoisotopic (exact) mass is 225 g/mol. The fraction of sp³-hybridized carbons (Fsp3) is 0.364. The summed E-state index contributed by atoms with van der Waals surface area (Å²) in [7, 11) is 0. The largest absolute Gasteiger partial charge is 0.493 e. The maximum absolute atomic E-state index is 10.7. The molecular weight excluding hydrogens is 210 g/mol. The normalized spacial score (nSPS) is 12.1. The molecule has 1 atom stereocenters. The zero-order chi connectivity index (χ0) is 12.1. The maximum atomic E-state index is 10.7. The summed E-state index contributed by atoms with van der Waals surface area (Å²) in [5.74, 6) is -0.559. The molecule has 0 spiro atoms. The van der Waals surface area contributed by atoms with Crippen LogP contribution in [0.2, 0.25) is 0 Å². The smallest absolute Gasteiger partial charge is 0.337 e. The Balaban J connectivity index is 2.63. The van der Waals surface area contributed by atoms with E-state index in [1.54, 1.807) is 13.0 Å². The molecule has 88 valence electrons. The van der Waals surface area contributed by atoms with Crippen molar-refractivity contribution in [2.75, 3.05) is 12.3 Å². The van der Waals surface area contributed by atoms with Crippen LogP contribution in [0.3, 0.4) is 0 Å². The van der Waals surface area contributed by atoms with Crippen molar-refractivity contribution in [1.82, 2.24) is 0 Å². The number of carboxylic acids is 1. The van der Waals surface area contributed by atoms with E-state index in [0.29, 0.717) is 18.8 Å². The number of ether oxygens (including phenoxy) is 1. The first-order valence-corrected chi connectivity index (χ1v) is 4.94. The second kappa shape index (κ2) is 5.37. The lowest BCUT2D eigenvalue weighted by molar-refractivity contribution is 0.0698. The van der Waals surface area contributed by atoms with Crippen LogP contribution in [-0.2, 0) is 0 Å². The molecule has 1 aromatic rings. The van der Waals surface area contributed by atoms with E-state index in [0.717, 1.165) is 0 Å². The molecule has 1 rings (SSSR count). The number of anilines is 1. The van der Waals surface area contributed by atoms with Gasteiger partial charge < -0.3 is 20.7 Å². The van der Waals surface area contributed by atoms with E-state index < -0.39 is 12.1 Å². The quantitative estimate of drug-likeness (QED) is 0.653. The number of nitrogen functional groups attached to an aromatic ring is 1. The molecule has 5 nitrogen and oxygen atoms in total. The van der Waals surface area contributed by atoms with Gasteiger partial charge in [-0.3, -0.25) is 0 Å². The summed E-state index contributed by atoms with van der Waals surface area (Å²) >= 11 is 0. The lowest BCUT2D eigenvalue weighted by Crippen LogP contribution is -2.08. The first-order chi connectivity index (χ1) is 7.50. The summed E-state index contributed by atoms with van der Waals surface area (Å²) in [5.41, 5.74) is 5.77. The second-order valence-corrected chi connectivity index (χ2v) is 3.54. The van der Waals surface area contributed by atoms with Crippen molar-refractivity contribution in [1.29, 1.82) is 0 Å². The summed E-state index contributed by atoms with van der Waals surface area (Å²) in [6, 6.07) is 4.41. The molecule has 0 aliphatic rings. The van der Waals surface area contributed by atoms with Crippen molar-refractivity contribution in [2.24, 2.45) is 0 Å². The van der Waals surface area contributed by atoms with Gasteiger partial charge in [0.25, 0.3) is 0 Å². The highest BCUT2D eigenvalue weighted by Gasteiger charge is 2.08. The fourth-order valence-corrected chi connectivity index (χ4v) is 1.17. The van der Waals surface area contributed by atoms with Crippen molar-refractivity contribution >= 4 is 11.7 Å². The van der Waals surface area contributed by atoms with Gasteiger partial charge in [0.15, 0.2) is 0 Å². The minimum Gasteiger partial charge on any atom is -0.493 e. The van der Waals surface area contributed by atoms with Gasteiger partial charge in [-0.2, -0.15) is 0 Å². The molecule has 0 aliphatic carbocycles. The van der Waals surface area contributed by atoms with Crippen molar-refractivity contribution < 1.29 is 19.7 Å². The third-order valence-electron chi connectivity index (χ3n) is 2.06. The number of hydrogen-bond donors (Lipinski definition) is 3. The standard InChI is InChI=1S/C11H15NO4/c1-7(13)4-5-16-8-2-3-9(11(14)15)10(12)6-8/h2-3,6-7,13H,4-5,12H2,1H3,(H,14,15). The Morgan fingerprint density at radius 1 is 1.56 bits per heavy atom. The fourth-order valence-electron chi connectivity index (χ4n) is 1.17. The molecule has 1 aromatic carbocycles. The van der Waals surface area contributed by atoms with Crippen LogP contribution in [-0.4, -0.2) is 28.9 Å². The Hall–Kier alpha value is -1.75. The first kappa shape index (κ1) is 12.3. The van der Waals surface area contributed by atoms with Crippen molar-refractivity contribution in [3.05, 3.63) is 23.8 Å². The highest BCUT2D eigenvalue weighted by molar-refractivity contribution is 5.93. The van der Waals surface area contributed by atoms with Gasteiger partial charge in [-0.05, 0) is 19.1 Å². The van der Waals surface area contributed by atoms with Gasteiger partial charge in [0.05, 0.1) is 18.3 Å². The Morgan fingerprint density at radius 2 is 2.25 bits per heavy atom. The molecule has 0 aliphatic heterocycles. The average molecular weight is 225 g/mol. The summed E-state index contributed by atoms with van der Waals surface area (Å²) in [5, 5.41) is 17.8. The van der Waals surface area contributed by atoms with Crippen LogP contribution in [0, 0.1) is 0 Å². The third-order valence-corrected chi connectivity index (χ3v) is 2.06. The number of carboxylic acid groups (broad SMARTS) is 1. The van der Waals surface area contributed by atoms with Gasteiger partial charge in [0.2, 0.25) is 0 Å². The first-order valence-electron chi connectivity index (χ1n) is 4.94. The number of hydrogen-bond acceptors (Lipinski definition) is 4. The molecule has 0 saturated heterocycles. The lowest BCUT2D eigenvalue weighted by atomic mass is 10.2. The Bertz CT molecular complexity index is 376. The Kier molecular flexibility index (Phi) is 4.13. The van der Waals surface area contributed by atoms with Gasteiger partial charge >= 0.3 is 5.97 Å². The lowest BCUT2D eigenvalue weighted by Gasteiger charge is -2.09. The number of carbonyl (C=O) groups is 1. The van der Waals surface area contributed by atoms with Gasteiger partial charge in [-0.15, -0.1) is 0 Å². The predicted octanol–water partition coefficient (Wildman–Crippen LogP) is 1.12. The predicted molar refractivity (Wildman–Crippen MR) is 59.6 cm³/mol. The van der Waals surface area contributed by atoms with Crippen LogP contribution >= 0.6 is 0 Å². The van der Waals surface area contributed by atoms with Crippen molar-refractivity contribution in [3.8, 4) is 5.75 Å². The highest BCUT2D eigenvalue weighted by atomic mass is 16.5. The number of aliphatic hydroxyl groups is 1. The van der Waals surface area contributed by atoms with Crippen LogP contribution < -0.4 is 10.5 Å². The number of rotatable bonds is 5. The van der Waals surface area contributed by atoms with Crippen LogP contribution in [0.5, 0.6) is 5.75 Å². The topological polar surface area (TPSA) is 92.8 Å². The van der Waals surface area contributed by atoms with E-state index in [-0.39, 0.29) is 11.3 Å². The minimum atomic E-state index is -1.06. The summed E-state index contributed by atoms with van der Waals surface area (Å²) in [4.78, 5) is 10.7. The maximum Gasteiger partial charge on any atom is 0.337 e. The summed E-state index contributed by atoms with van der Waals surface area (Å²) in [6.07, 6.45) is 0.0938. The van der Waals surface area contributed by atoms with Gasteiger partial charge in [-0.1, -0.05) is 0 Å². The molecule has 16 heavy (non-hydrogen) atoms. The molecule has 0 radical (unpaired) electrons. The number of aromatic carboxylic acids is 1. The van der Waals surface area contributed by atoms with Crippen molar-refractivity contribution in [3.63, 3.8) is 0 Å². The van der Waals surface area contributed by atoms with E-state index in [4.69, 9.17) is 20.7 Å². The molecular formula is C11H15NO4. The summed E-state index contributed by atoms with van der Waals surface area (Å²) < 4.78 is 5.30. The molecule has 5 heteroatoms. The van der Waals surface area contributed by atoms with Crippen LogP contribution in [0.15, 0.2) is 18.2 Å². The van der Waals surface area contributed by atoms with Crippen molar-refractivity contribution in [2.45, 2.75) is 19.4 Å². The third kappa shape index (κ3) is 3.43. The molecule has 1 unspecified atom stereocenters. The highest BCUT2D eigenvalue weighted by Crippen LogP contribution is 2.20. The zero-order valence-corrected chi connectivity index (χ0v) is 9.01. The molecule has 0 fully saturated rings. The zero-order valence-electron chi connectivity index (χ0n) is 9.01. The van der Waals surface area contributed by atoms with Crippen LogP contribution in [0.25, 0.3) is 0 Å². The second-order valence-electron chi connectivity index (χ2n) is 3.54. The summed E-state index contributed by atoms with van der Waals surface area (Å²) in [6.45, 7) is 2.04. The molecule has 0 bridgehead atoms. The van der Waals surface area contributed by atoms with Gasteiger partial charge in [-0.25, -0.2) is 4.79 Å². The SMILES string of the molecule is CC(O)CCOc1ccc(C(=O)O)c(N)c1. The van der Waals surface area contributed by atoms with E-state index in [1.807, 2.05) is 0 Å². The van der Waals surface area contributed by atoms with E-state index in [9.17, 15) is 4.79 Å². The number of benzene rings is 1. The Morgan fingerprint density at radius 3 is 2.75 bits per heavy atom. The van der Waals surface area contributed by atoms with E-state index in [1.165, 1.54) is 12.1 Å². The molecule has 4 N–H and O–H groups in total. The molecule has 0 aromatic heterocycles. The van der Waals surface area contributed by atoms with Gasteiger partial charge in [0.1, 0.15) is 5.75 Å². The molecule has 0 amide bonds. The van der Waals surface area contributed by atoms with Crippen LogP contribution in [0.4, 0.5) is 5.69 Å². The van der Waals surface area contributed by atoms with E-state index >= 15 is 0 Å². The Labute approximate surface area is 93.5 Å². The van der Waals surface area contributed by atoms with E-state index in [2.05, 4.69) is 0 Å². The minimum absolute atomic E-state index is 0.0582. The van der Waals surface area contributed by atoms with Crippen LogP contribution in [0.1, 0.15) is 23.7 Å². The number of nitrogens with two attached hydrogens (primary N) is 1.